The number of hydrogen-bond donors (Lipinski definition) is 1. The van der Waals surface area contributed by atoms with Gasteiger partial charge in [-0.25, -0.2) is 4.98 Å². The number of nitrogens with zero attached hydrogens (tertiary/aromatic N) is 4. The van der Waals surface area contributed by atoms with Gasteiger partial charge in [0.25, 0.3) is 0 Å². The van der Waals surface area contributed by atoms with Crippen LogP contribution >= 0.6 is 10.2 Å². The van der Waals surface area contributed by atoms with E-state index in [2.05, 4.69) is 50.6 Å². The number of benzene rings is 1. The van der Waals surface area contributed by atoms with Gasteiger partial charge in [0, 0.05) is 49.8 Å². The Morgan fingerprint density at radius 2 is 1.82 bits per heavy atom. The second kappa shape index (κ2) is 8.10. The number of aromatic nitrogens is 2. The van der Waals surface area contributed by atoms with Crippen molar-refractivity contribution < 1.29 is 9.90 Å². The van der Waals surface area contributed by atoms with Crippen molar-refractivity contribution in [3.63, 3.8) is 0 Å². The first-order valence-corrected chi connectivity index (χ1v) is 15.3. The molecule has 1 spiro atoms. The third kappa shape index (κ3) is 3.30. The lowest BCUT2D eigenvalue weighted by molar-refractivity contribution is -0.152. The summed E-state index contributed by atoms with van der Waals surface area (Å²) >= 11 is 0. The first kappa shape index (κ1) is 22.6. The van der Waals surface area contributed by atoms with E-state index in [-0.39, 0.29) is 29.4 Å². The van der Waals surface area contributed by atoms with Crippen LogP contribution in [0.25, 0.3) is 11.3 Å². The zero-order valence-electron chi connectivity index (χ0n) is 20.7. The van der Waals surface area contributed by atoms with Gasteiger partial charge in [-0.2, -0.15) is 10.2 Å². The van der Waals surface area contributed by atoms with Crippen LogP contribution in [0.5, 0.6) is 0 Å². The molecule has 1 N–H and O–H groups in total. The lowest BCUT2D eigenvalue weighted by Gasteiger charge is -2.61. The fourth-order valence-corrected chi connectivity index (χ4v) is 10.4. The van der Waals surface area contributed by atoms with E-state index in [0.29, 0.717) is 5.25 Å². The molecule has 1 saturated carbocycles. The standard InChI is InChI=1S/C27H38N4O2S/c1-19(32)29-12-8-20(9-13-29)34(2,3)30-14-10-27(11-15-30)16-23(26(27)33)25-22-7-5-4-6-21(22)24-17-28-18-31(24)25/h4-7,17-18,20,23,25-26,33H,8-16H2,1-3H3. The molecule has 2 aromatic rings. The second-order valence-electron chi connectivity index (χ2n) is 11.4. The number of rotatable bonds is 3. The van der Waals surface area contributed by atoms with Gasteiger partial charge >= 0.3 is 0 Å². The number of carbonyl (C=O) groups excluding carboxylic acids is 1. The molecule has 0 radical (unpaired) electrons. The highest BCUT2D eigenvalue weighted by molar-refractivity contribution is 8.31. The molecule has 7 heteroatoms. The highest BCUT2D eigenvalue weighted by Crippen LogP contribution is 2.62. The molecule has 34 heavy (non-hydrogen) atoms. The number of piperidine rings is 2. The smallest absolute Gasteiger partial charge is 0.219 e. The van der Waals surface area contributed by atoms with Gasteiger partial charge in [0.15, 0.2) is 0 Å². The van der Waals surface area contributed by atoms with Gasteiger partial charge in [0.1, 0.15) is 0 Å². The molecule has 1 amide bonds. The van der Waals surface area contributed by atoms with E-state index >= 15 is 0 Å². The Kier molecular flexibility index (Phi) is 5.39. The van der Waals surface area contributed by atoms with Gasteiger partial charge in [0.2, 0.25) is 5.91 Å². The van der Waals surface area contributed by atoms with Gasteiger partial charge < -0.3 is 14.6 Å². The second-order valence-corrected chi connectivity index (χ2v) is 15.3. The average molecular weight is 483 g/mol. The van der Waals surface area contributed by atoms with Crippen LogP contribution in [0.2, 0.25) is 0 Å². The van der Waals surface area contributed by atoms with Crippen molar-refractivity contribution in [3.8, 4) is 11.3 Å². The summed E-state index contributed by atoms with van der Waals surface area (Å²) < 4.78 is 5.05. The largest absolute Gasteiger partial charge is 0.392 e. The van der Waals surface area contributed by atoms with E-state index in [1.54, 1.807) is 6.92 Å². The summed E-state index contributed by atoms with van der Waals surface area (Å²) in [6, 6.07) is 8.85. The highest BCUT2D eigenvalue weighted by Gasteiger charge is 2.58. The Balaban J connectivity index is 1.12. The Morgan fingerprint density at radius 1 is 1.12 bits per heavy atom. The number of carbonyl (C=O) groups is 1. The van der Waals surface area contributed by atoms with Crippen molar-refractivity contribution >= 4 is 16.1 Å². The number of fused-ring (bicyclic) bond motifs is 3. The molecule has 1 aromatic heterocycles. The zero-order valence-corrected chi connectivity index (χ0v) is 21.5. The molecule has 3 unspecified atom stereocenters. The Bertz CT molecular complexity index is 1080. The van der Waals surface area contributed by atoms with E-state index in [4.69, 9.17) is 0 Å². The minimum absolute atomic E-state index is 0.0763. The summed E-state index contributed by atoms with van der Waals surface area (Å²) in [5.41, 5.74) is 3.88. The van der Waals surface area contributed by atoms with Crippen LogP contribution in [0.3, 0.4) is 0 Å². The fourth-order valence-electron chi connectivity index (χ4n) is 7.45. The van der Waals surface area contributed by atoms with Crippen LogP contribution in [-0.2, 0) is 4.79 Å². The molecule has 3 fully saturated rings. The maximum absolute atomic E-state index is 11.7. The summed E-state index contributed by atoms with van der Waals surface area (Å²) in [5, 5.41) is 12.3. The van der Waals surface area contributed by atoms with Crippen molar-refractivity contribution in [2.75, 3.05) is 38.7 Å². The summed E-state index contributed by atoms with van der Waals surface area (Å²) in [5.74, 6) is 0.479. The number of aliphatic hydroxyl groups is 1. The van der Waals surface area contributed by atoms with Crippen molar-refractivity contribution in [1.82, 2.24) is 18.8 Å². The predicted molar refractivity (Wildman–Crippen MR) is 138 cm³/mol. The van der Waals surface area contributed by atoms with Gasteiger partial charge in [-0.3, -0.25) is 9.10 Å². The quantitative estimate of drug-likeness (QED) is 0.721. The first-order valence-electron chi connectivity index (χ1n) is 12.8. The van der Waals surface area contributed by atoms with E-state index in [1.807, 2.05) is 17.4 Å². The topological polar surface area (TPSA) is 61.6 Å². The molecule has 3 aliphatic heterocycles. The maximum Gasteiger partial charge on any atom is 0.219 e. The third-order valence-corrected chi connectivity index (χ3v) is 13.5. The van der Waals surface area contributed by atoms with E-state index in [9.17, 15) is 9.90 Å². The van der Waals surface area contributed by atoms with Crippen molar-refractivity contribution in [2.24, 2.45) is 11.3 Å². The fraction of sp³-hybridized carbons (Fsp3) is 0.630. The monoisotopic (exact) mass is 482 g/mol. The Hall–Kier alpha value is -1.83. The molecule has 4 aliphatic rings. The number of aliphatic hydroxyl groups excluding tert-OH is 1. The lowest BCUT2D eigenvalue weighted by atomic mass is 9.53. The van der Waals surface area contributed by atoms with Gasteiger partial charge in [-0.1, -0.05) is 24.3 Å². The van der Waals surface area contributed by atoms with Crippen LogP contribution in [-0.4, -0.2) is 79.8 Å². The Labute approximate surface area is 204 Å². The van der Waals surface area contributed by atoms with Crippen LogP contribution in [0.15, 0.2) is 36.8 Å². The normalized spacial score (nSPS) is 29.5. The van der Waals surface area contributed by atoms with Crippen LogP contribution in [0.4, 0.5) is 0 Å². The number of likely N-dealkylation sites (tertiary alicyclic amines) is 1. The van der Waals surface area contributed by atoms with Crippen molar-refractivity contribution in [3.05, 3.63) is 42.4 Å². The third-order valence-electron chi connectivity index (χ3n) is 9.69. The summed E-state index contributed by atoms with van der Waals surface area (Å²) in [7, 11) is -0.886. The number of amides is 1. The van der Waals surface area contributed by atoms with Crippen LogP contribution in [0.1, 0.15) is 50.6 Å². The molecular formula is C27H38N4O2S. The molecule has 1 aromatic carbocycles. The molecule has 184 valence electrons. The molecule has 0 bridgehead atoms. The van der Waals surface area contributed by atoms with Gasteiger partial charge in [-0.05, 0) is 55.6 Å². The molecule has 4 heterocycles. The highest BCUT2D eigenvalue weighted by atomic mass is 32.3. The molecular weight excluding hydrogens is 444 g/mol. The minimum atomic E-state index is -0.886. The summed E-state index contributed by atoms with van der Waals surface area (Å²) in [6.07, 6.45) is 14.2. The van der Waals surface area contributed by atoms with E-state index in [1.165, 1.54) is 16.8 Å². The first-order chi connectivity index (χ1) is 16.3. The predicted octanol–water partition coefficient (Wildman–Crippen LogP) is 3.91. The molecule has 6 rings (SSSR count). The summed E-state index contributed by atoms with van der Waals surface area (Å²) in [6.45, 7) is 5.70. The van der Waals surface area contributed by atoms with Crippen LogP contribution in [0, 0.1) is 11.3 Å². The SMILES string of the molecule is CC(=O)N1CCC(S(C)(C)N2CCC3(CC2)CC(C2c4ccccc4-c4cncn42)C3O)CC1. The van der Waals surface area contributed by atoms with Gasteiger partial charge in [-0.15, -0.1) is 0 Å². The Morgan fingerprint density at radius 3 is 2.50 bits per heavy atom. The summed E-state index contributed by atoms with van der Waals surface area (Å²) in [4.78, 5) is 18.2. The molecule has 6 nitrogen and oxygen atoms in total. The molecule has 3 atom stereocenters. The van der Waals surface area contributed by atoms with Crippen molar-refractivity contribution in [2.45, 2.75) is 56.4 Å². The van der Waals surface area contributed by atoms with E-state index in [0.717, 1.165) is 58.3 Å². The number of imidazole rings is 1. The minimum Gasteiger partial charge on any atom is -0.392 e. The lowest BCUT2D eigenvalue weighted by Crippen LogP contribution is -2.59. The average Bonchev–Trinajstić information content (AvgIpc) is 3.44. The maximum atomic E-state index is 11.7. The van der Waals surface area contributed by atoms with E-state index < -0.39 is 10.2 Å². The van der Waals surface area contributed by atoms with Crippen molar-refractivity contribution in [1.29, 1.82) is 0 Å². The van der Waals surface area contributed by atoms with Gasteiger partial charge in [0.05, 0.1) is 30.4 Å². The molecule has 1 aliphatic carbocycles. The number of hydrogen-bond acceptors (Lipinski definition) is 4. The van der Waals surface area contributed by atoms with Crippen LogP contribution < -0.4 is 0 Å². The zero-order chi connectivity index (χ0) is 23.7. The molecule has 2 saturated heterocycles.